The zero-order valence-electron chi connectivity index (χ0n) is 11.0. The van der Waals surface area contributed by atoms with E-state index in [1.54, 1.807) is 10.0 Å². The number of hydrogen-bond acceptors (Lipinski definition) is 5. The van der Waals surface area contributed by atoms with E-state index < -0.39 is 10.9 Å². The maximum Gasteiger partial charge on any atom is 0.510 e. The molecule has 0 atom stereocenters. The molecule has 0 N–H and O–H groups in total. The molecule has 2 aromatic rings. The Morgan fingerprint density at radius 2 is 1.43 bits per heavy atom. The van der Waals surface area contributed by atoms with E-state index in [4.69, 9.17) is 0 Å². The molecule has 1 aliphatic rings. The van der Waals surface area contributed by atoms with E-state index in [9.17, 15) is 10.1 Å². The molecule has 0 saturated carbocycles. The molecule has 105 valence electrons. The quantitative estimate of drug-likeness (QED) is 0.624. The minimum absolute atomic E-state index is 0.311. The highest BCUT2D eigenvalue weighted by Gasteiger charge is 2.32. The molecule has 7 nitrogen and oxygen atoms in total. The number of rotatable bonds is 2. The molecule has 1 aliphatic heterocycles. The molecule has 7 heteroatoms. The van der Waals surface area contributed by atoms with Crippen LogP contribution in [0.1, 0.15) is 0 Å². The van der Waals surface area contributed by atoms with E-state index in [1.807, 2.05) is 60.7 Å². The van der Waals surface area contributed by atoms with Gasteiger partial charge in [-0.1, -0.05) is 36.4 Å². The average Bonchev–Trinajstić information content (AvgIpc) is 2.56. The van der Waals surface area contributed by atoms with Gasteiger partial charge in [0.15, 0.2) is 6.67 Å². The number of nitro groups is 1. The van der Waals surface area contributed by atoms with Crippen molar-refractivity contribution in [2.45, 2.75) is 0 Å². The number of para-hydroxylation sites is 2. The monoisotopic (exact) mass is 282 g/mol. The van der Waals surface area contributed by atoms with Gasteiger partial charge in [-0.05, 0) is 29.2 Å². The van der Waals surface area contributed by atoms with Crippen LogP contribution in [0.2, 0.25) is 0 Å². The lowest BCUT2D eigenvalue weighted by molar-refractivity contribution is -0.356. The Hall–Kier alpha value is -3.09. The van der Waals surface area contributed by atoms with E-state index in [0.717, 1.165) is 11.4 Å². The van der Waals surface area contributed by atoms with Crippen molar-refractivity contribution in [2.75, 3.05) is 16.7 Å². The highest BCUT2D eigenvalue weighted by molar-refractivity contribution is 5.76. The molecule has 0 unspecified atom stereocenters. The van der Waals surface area contributed by atoms with Crippen molar-refractivity contribution in [3.8, 4) is 0 Å². The van der Waals surface area contributed by atoms with Crippen LogP contribution in [0.4, 0.5) is 11.4 Å². The summed E-state index contributed by atoms with van der Waals surface area (Å²) < 4.78 is 0. The van der Waals surface area contributed by atoms with Gasteiger partial charge in [-0.3, -0.25) is 0 Å². The molecule has 0 amide bonds. The van der Waals surface area contributed by atoms with Crippen molar-refractivity contribution in [3.05, 3.63) is 70.8 Å². The topological polar surface area (TPSA) is 76.1 Å². The van der Waals surface area contributed by atoms with Gasteiger partial charge in [-0.15, -0.1) is 0 Å². The van der Waals surface area contributed by atoms with Gasteiger partial charge >= 0.3 is 5.96 Å². The second kappa shape index (κ2) is 5.49. The Bertz CT molecular complexity index is 660. The number of anilines is 2. The van der Waals surface area contributed by atoms with E-state index in [1.165, 1.54) is 0 Å². The van der Waals surface area contributed by atoms with E-state index in [-0.39, 0.29) is 0 Å². The second-order valence-electron chi connectivity index (χ2n) is 4.37. The van der Waals surface area contributed by atoms with Crippen molar-refractivity contribution in [3.63, 3.8) is 0 Å². The molecule has 0 bridgehead atoms. The molecule has 0 fully saturated rings. The van der Waals surface area contributed by atoms with Gasteiger partial charge in [0.05, 0.1) is 11.4 Å². The Morgan fingerprint density at radius 1 is 0.905 bits per heavy atom. The predicted molar refractivity (Wildman–Crippen MR) is 79.3 cm³/mol. The van der Waals surface area contributed by atoms with Gasteiger partial charge < -0.3 is 10.1 Å². The molecule has 2 aromatic carbocycles. The number of benzene rings is 2. The molecule has 0 spiro atoms. The number of hydrazone groups is 1. The molecule has 0 aliphatic carbocycles. The van der Waals surface area contributed by atoms with Crippen LogP contribution >= 0.6 is 0 Å². The first-order valence-electron chi connectivity index (χ1n) is 6.34. The molecule has 21 heavy (non-hydrogen) atoms. The molecule has 0 aromatic heterocycles. The third kappa shape index (κ3) is 2.76. The summed E-state index contributed by atoms with van der Waals surface area (Å²) in [5.74, 6) is -0.436. The van der Waals surface area contributed by atoms with E-state index >= 15 is 0 Å². The number of guanidine groups is 1. The molecular weight excluding hydrogens is 270 g/mol. The highest BCUT2D eigenvalue weighted by Crippen LogP contribution is 2.20. The van der Waals surface area contributed by atoms with Crippen LogP contribution in [-0.4, -0.2) is 17.6 Å². The van der Waals surface area contributed by atoms with Crippen molar-refractivity contribution >= 4 is 17.3 Å². The lowest BCUT2D eigenvalue weighted by Crippen LogP contribution is -2.50. The maximum absolute atomic E-state index is 11.0. The third-order valence-corrected chi connectivity index (χ3v) is 2.96. The van der Waals surface area contributed by atoms with Crippen LogP contribution in [0, 0.1) is 10.1 Å². The normalized spacial score (nSPS) is 14.4. The van der Waals surface area contributed by atoms with Crippen molar-refractivity contribution in [1.29, 1.82) is 0 Å². The summed E-state index contributed by atoms with van der Waals surface area (Å²) in [5, 5.41) is 18.1. The van der Waals surface area contributed by atoms with Gasteiger partial charge in [0.2, 0.25) is 0 Å². The lowest BCUT2D eigenvalue weighted by Gasteiger charge is -2.26. The Kier molecular flexibility index (Phi) is 3.38. The first kappa shape index (κ1) is 12.9. The summed E-state index contributed by atoms with van der Waals surface area (Å²) in [6.07, 6.45) is 0. The smallest absolute Gasteiger partial charge is 0.390 e. The minimum Gasteiger partial charge on any atom is -0.390 e. The Morgan fingerprint density at radius 3 is 1.95 bits per heavy atom. The van der Waals surface area contributed by atoms with Crippen LogP contribution < -0.4 is 15.4 Å². The van der Waals surface area contributed by atoms with Gasteiger partial charge in [0.1, 0.15) is 0 Å². The van der Waals surface area contributed by atoms with Gasteiger partial charge in [0, 0.05) is 10.5 Å². The van der Waals surface area contributed by atoms with Crippen LogP contribution in [0.25, 0.3) is 0 Å². The van der Waals surface area contributed by atoms with E-state index in [0.29, 0.717) is 6.67 Å². The molecule has 0 saturated heterocycles. The van der Waals surface area contributed by atoms with Crippen molar-refractivity contribution in [2.24, 2.45) is 5.10 Å². The maximum atomic E-state index is 11.0. The minimum atomic E-state index is -0.592. The predicted octanol–water partition coefficient (Wildman–Crippen LogP) is 2.04. The summed E-state index contributed by atoms with van der Waals surface area (Å²) in [6, 6.07) is 18.6. The number of hydrogen-bond donors (Lipinski definition) is 0. The first-order valence-corrected chi connectivity index (χ1v) is 6.34. The largest absolute Gasteiger partial charge is 0.510 e. The van der Waals surface area contributed by atoms with Gasteiger partial charge in [-0.25, -0.2) is 0 Å². The van der Waals surface area contributed by atoms with Gasteiger partial charge in [0.25, 0.3) is 0 Å². The van der Waals surface area contributed by atoms with Gasteiger partial charge in [-0.2, -0.15) is 10.0 Å². The summed E-state index contributed by atoms with van der Waals surface area (Å²) in [7, 11) is 0. The first-order chi connectivity index (χ1) is 10.2. The lowest BCUT2D eigenvalue weighted by atomic mass is 10.3. The zero-order chi connectivity index (χ0) is 14.7. The number of nitrogens with zero attached hydrogens (tertiary/aromatic N) is 5. The SMILES string of the molecule is O=[N+]([O-])C1=NN(c2ccccc2)CN(c2ccccc2)[N]1. The van der Waals surface area contributed by atoms with Crippen molar-refractivity contribution in [1.82, 2.24) is 5.43 Å². The Balaban J connectivity index is 1.94. The summed E-state index contributed by atoms with van der Waals surface area (Å²) in [5.41, 5.74) is 5.51. The molecule has 1 heterocycles. The average molecular weight is 282 g/mol. The molecule has 3 rings (SSSR count). The third-order valence-electron chi connectivity index (χ3n) is 2.96. The Labute approximate surface area is 121 Å². The standard InChI is InChI=1S/C14H12N5O2/c20-19(21)14-15-17(12-7-3-1-4-8-12)11-18(16-14)13-9-5-2-6-10-13/h1-10H,11H2. The fraction of sp³-hybridized carbons (Fsp3) is 0.0714. The van der Waals surface area contributed by atoms with E-state index in [2.05, 4.69) is 10.5 Å². The zero-order valence-corrected chi connectivity index (χ0v) is 11.0. The second-order valence-corrected chi connectivity index (χ2v) is 4.37. The molecular formula is C14H12N5O2. The highest BCUT2D eigenvalue weighted by atomic mass is 16.6. The fourth-order valence-electron chi connectivity index (χ4n) is 1.98. The summed E-state index contributed by atoms with van der Waals surface area (Å²) in [4.78, 5) is 10.4. The van der Waals surface area contributed by atoms with Crippen LogP contribution in [0.15, 0.2) is 65.8 Å². The fourth-order valence-corrected chi connectivity index (χ4v) is 1.98. The summed E-state index contributed by atoms with van der Waals surface area (Å²) in [6.45, 7) is 0.311. The molecule has 1 radical (unpaired) electrons. The van der Waals surface area contributed by atoms with Crippen LogP contribution in [-0.2, 0) is 0 Å². The van der Waals surface area contributed by atoms with Crippen molar-refractivity contribution < 1.29 is 4.92 Å². The van der Waals surface area contributed by atoms with Crippen LogP contribution in [0.3, 0.4) is 0 Å². The van der Waals surface area contributed by atoms with Crippen LogP contribution in [0.5, 0.6) is 0 Å². The summed E-state index contributed by atoms with van der Waals surface area (Å²) >= 11 is 0.